The minimum atomic E-state index is -2.74. The highest BCUT2D eigenvalue weighted by molar-refractivity contribution is 5.90. The van der Waals surface area contributed by atoms with Gasteiger partial charge in [-0.05, 0) is 18.2 Å². The first-order valence-electron chi connectivity index (χ1n) is 3.36. The lowest BCUT2D eigenvalue weighted by atomic mass is 10.1. The van der Waals surface area contributed by atoms with E-state index in [1.54, 1.807) is 0 Å². The van der Waals surface area contributed by atoms with Crippen LogP contribution < -0.4 is 0 Å². The fourth-order valence-corrected chi connectivity index (χ4v) is 0.861. The van der Waals surface area contributed by atoms with Crippen molar-refractivity contribution in [2.75, 3.05) is 0 Å². The molecule has 13 heavy (non-hydrogen) atoms. The van der Waals surface area contributed by atoms with Gasteiger partial charge in [-0.3, -0.25) is 0 Å². The van der Waals surface area contributed by atoms with E-state index in [4.69, 9.17) is 10.2 Å². The van der Waals surface area contributed by atoms with Crippen molar-refractivity contribution in [1.29, 1.82) is 0 Å². The third-order valence-corrected chi connectivity index (χ3v) is 1.50. The van der Waals surface area contributed by atoms with Crippen LogP contribution in [0.4, 0.5) is 8.78 Å². The van der Waals surface area contributed by atoms with Gasteiger partial charge in [0.25, 0.3) is 6.43 Å². The summed E-state index contributed by atoms with van der Waals surface area (Å²) in [5.74, 6) is -1.95. The summed E-state index contributed by atoms with van der Waals surface area (Å²) < 4.78 is 24.1. The van der Waals surface area contributed by atoms with Crippen molar-refractivity contribution in [2.45, 2.75) is 6.43 Å². The Balaban J connectivity index is 3.19. The molecule has 0 fully saturated rings. The van der Waals surface area contributed by atoms with Gasteiger partial charge in [0.15, 0.2) is 0 Å². The van der Waals surface area contributed by atoms with Crippen LogP contribution in [-0.2, 0) is 0 Å². The Morgan fingerprint density at radius 1 is 1.38 bits per heavy atom. The molecule has 2 N–H and O–H groups in total. The SMILES string of the molecule is O=C(O)c1cc(C(F)F)ccc1O. The van der Waals surface area contributed by atoms with Crippen molar-refractivity contribution < 1.29 is 23.8 Å². The van der Waals surface area contributed by atoms with Gasteiger partial charge >= 0.3 is 5.97 Å². The Kier molecular flexibility index (Phi) is 2.46. The molecule has 5 heteroatoms. The Hall–Kier alpha value is -1.65. The Morgan fingerprint density at radius 2 is 2.00 bits per heavy atom. The molecule has 0 unspecified atom stereocenters. The van der Waals surface area contributed by atoms with E-state index in [-0.39, 0.29) is 0 Å². The van der Waals surface area contributed by atoms with Gasteiger partial charge in [-0.1, -0.05) is 0 Å². The maximum atomic E-state index is 12.1. The van der Waals surface area contributed by atoms with Crippen LogP contribution in [0.15, 0.2) is 18.2 Å². The van der Waals surface area contributed by atoms with Gasteiger partial charge in [0, 0.05) is 5.56 Å². The molecular formula is C8H6F2O3. The normalized spacial score (nSPS) is 10.4. The summed E-state index contributed by atoms with van der Waals surface area (Å²) in [6.07, 6.45) is -2.74. The minimum Gasteiger partial charge on any atom is -0.507 e. The summed E-state index contributed by atoms with van der Waals surface area (Å²) in [6.45, 7) is 0. The predicted octanol–water partition coefficient (Wildman–Crippen LogP) is 2.03. The summed E-state index contributed by atoms with van der Waals surface area (Å²) >= 11 is 0. The minimum absolute atomic E-state index is 0.421. The Bertz CT molecular complexity index is 336. The molecule has 3 nitrogen and oxygen atoms in total. The van der Waals surface area contributed by atoms with Crippen molar-refractivity contribution in [3.05, 3.63) is 29.3 Å². The van der Waals surface area contributed by atoms with Crippen molar-refractivity contribution in [3.8, 4) is 5.75 Å². The highest BCUT2D eigenvalue weighted by Crippen LogP contribution is 2.24. The number of alkyl halides is 2. The van der Waals surface area contributed by atoms with Gasteiger partial charge in [0.1, 0.15) is 11.3 Å². The van der Waals surface area contributed by atoms with Crippen molar-refractivity contribution in [2.24, 2.45) is 0 Å². The molecule has 70 valence electrons. The summed E-state index contributed by atoms with van der Waals surface area (Å²) in [5.41, 5.74) is -0.937. The number of aromatic carboxylic acids is 1. The number of halogens is 2. The average molecular weight is 188 g/mol. The molecule has 0 aliphatic carbocycles. The molecule has 0 spiro atoms. The Morgan fingerprint density at radius 3 is 2.46 bits per heavy atom. The van der Waals surface area contributed by atoms with Crippen molar-refractivity contribution in [1.82, 2.24) is 0 Å². The summed E-state index contributed by atoms with van der Waals surface area (Å²) in [4.78, 5) is 10.4. The second-order valence-corrected chi connectivity index (χ2v) is 2.38. The van der Waals surface area contributed by atoms with E-state index in [0.29, 0.717) is 0 Å². The highest BCUT2D eigenvalue weighted by atomic mass is 19.3. The molecule has 1 aromatic carbocycles. The van der Waals surface area contributed by atoms with Crippen LogP contribution in [0.1, 0.15) is 22.3 Å². The first kappa shape index (κ1) is 9.44. The number of carbonyl (C=O) groups is 1. The smallest absolute Gasteiger partial charge is 0.339 e. The van der Waals surface area contributed by atoms with E-state index in [1.165, 1.54) is 0 Å². The maximum Gasteiger partial charge on any atom is 0.339 e. The fourth-order valence-electron chi connectivity index (χ4n) is 0.861. The number of aromatic hydroxyl groups is 1. The summed E-state index contributed by atoms with van der Waals surface area (Å²) in [7, 11) is 0. The molecule has 0 radical (unpaired) electrons. The third-order valence-electron chi connectivity index (χ3n) is 1.50. The largest absolute Gasteiger partial charge is 0.507 e. The van der Waals surface area contributed by atoms with Gasteiger partial charge in [-0.15, -0.1) is 0 Å². The molecule has 0 amide bonds. The van der Waals surface area contributed by atoms with Gasteiger partial charge in [0.2, 0.25) is 0 Å². The number of hydrogen-bond donors (Lipinski definition) is 2. The van der Waals surface area contributed by atoms with Crippen LogP contribution in [0, 0.1) is 0 Å². The average Bonchev–Trinajstić information content (AvgIpc) is 2.04. The second kappa shape index (κ2) is 3.38. The molecule has 1 aromatic rings. The topological polar surface area (TPSA) is 57.5 Å². The Labute approximate surface area is 72.2 Å². The first-order chi connectivity index (χ1) is 6.02. The summed E-state index contributed by atoms with van der Waals surface area (Å²) in [5, 5.41) is 17.4. The molecule has 0 heterocycles. The van der Waals surface area contributed by atoms with Crippen molar-refractivity contribution in [3.63, 3.8) is 0 Å². The quantitative estimate of drug-likeness (QED) is 0.746. The zero-order valence-corrected chi connectivity index (χ0v) is 6.37. The zero-order chi connectivity index (χ0) is 10.0. The van der Waals surface area contributed by atoms with Gasteiger partial charge in [-0.25, -0.2) is 13.6 Å². The third kappa shape index (κ3) is 1.93. The lowest BCUT2D eigenvalue weighted by molar-refractivity contribution is 0.0693. The van der Waals surface area contributed by atoms with Gasteiger partial charge in [0.05, 0.1) is 0 Å². The number of carboxylic acid groups (broad SMARTS) is 1. The molecule has 0 atom stereocenters. The van der Waals surface area contributed by atoms with Crippen LogP contribution in [-0.4, -0.2) is 16.2 Å². The van der Waals surface area contributed by atoms with E-state index in [2.05, 4.69) is 0 Å². The molecule has 0 saturated carbocycles. The number of rotatable bonds is 2. The van der Waals surface area contributed by atoms with Crippen LogP contribution in [0.5, 0.6) is 5.75 Å². The lowest BCUT2D eigenvalue weighted by Crippen LogP contribution is -1.98. The van der Waals surface area contributed by atoms with Gasteiger partial charge < -0.3 is 10.2 Å². The molecule has 1 rings (SSSR count). The van der Waals surface area contributed by atoms with Crippen LogP contribution in [0.3, 0.4) is 0 Å². The van der Waals surface area contributed by atoms with Crippen LogP contribution in [0.2, 0.25) is 0 Å². The van der Waals surface area contributed by atoms with E-state index in [1.807, 2.05) is 0 Å². The van der Waals surface area contributed by atoms with Crippen molar-refractivity contribution >= 4 is 5.97 Å². The van der Waals surface area contributed by atoms with Crippen LogP contribution >= 0.6 is 0 Å². The molecule has 0 saturated heterocycles. The van der Waals surface area contributed by atoms with E-state index in [9.17, 15) is 13.6 Å². The predicted molar refractivity (Wildman–Crippen MR) is 40.0 cm³/mol. The second-order valence-electron chi connectivity index (χ2n) is 2.38. The fraction of sp³-hybridized carbons (Fsp3) is 0.125. The van der Waals surface area contributed by atoms with E-state index in [0.717, 1.165) is 18.2 Å². The first-order valence-corrected chi connectivity index (χ1v) is 3.36. The number of hydrogen-bond acceptors (Lipinski definition) is 2. The molecule has 0 bridgehead atoms. The maximum absolute atomic E-state index is 12.1. The monoisotopic (exact) mass is 188 g/mol. The number of phenols is 1. The highest BCUT2D eigenvalue weighted by Gasteiger charge is 2.14. The van der Waals surface area contributed by atoms with Gasteiger partial charge in [-0.2, -0.15) is 0 Å². The standard InChI is InChI=1S/C8H6F2O3/c9-7(10)4-1-2-6(11)5(3-4)8(12)13/h1-3,7,11H,(H,12,13). The van der Waals surface area contributed by atoms with Crippen LogP contribution in [0.25, 0.3) is 0 Å². The molecule has 0 aromatic heterocycles. The number of benzene rings is 1. The summed E-state index contributed by atoms with van der Waals surface area (Å²) in [6, 6.07) is 2.67. The molecule has 0 aliphatic heterocycles. The molecular weight excluding hydrogens is 182 g/mol. The van der Waals surface area contributed by atoms with E-state index >= 15 is 0 Å². The lowest BCUT2D eigenvalue weighted by Gasteiger charge is -2.02. The zero-order valence-electron chi connectivity index (χ0n) is 6.37. The van der Waals surface area contributed by atoms with E-state index < -0.39 is 29.3 Å². The molecule has 0 aliphatic rings. The number of carboxylic acids is 1.